The van der Waals surface area contributed by atoms with E-state index < -0.39 is 101 Å². The molecule has 0 aliphatic heterocycles. The summed E-state index contributed by atoms with van der Waals surface area (Å²) in [5.41, 5.74) is -2.78. The van der Waals surface area contributed by atoms with Gasteiger partial charge in [-0.15, -0.1) is 0 Å². The van der Waals surface area contributed by atoms with Crippen molar-refractivity contribution in [2.45, 2.75) is 134 Å². The van der Waals surface area contributed by atoms with Gasteiger partial charge in [-0.25, -0.2) is 13.2 Å². The van der Waals surface area contributed by atoms with Crippen LogP contribution < -0.4 is 0 Å². The van der Waals surface area contributed by atoms with Crippen molar-refractivity contribution in [3.63, 3.8) is 0 Å². The standard InChI is InChI=1S/C7H12F4O7S2.C7H14F2O6S2.C6H14O.C6H14.2C2H5F.2CH3F.4CH4/c1-16-19(12,13)4-6(9,5-20(14,15)17-2)18-7(10,11)3-8;1-14-16(10,11)5-7(9,3-4-8)6-17(12,13)15-2;1-3-5-7-6-4-2;1-3-5-6-4-2;2*1-2-3;2*1-2;;;;/h3-5H2,1-2H3;3-6H2,1-2H3;3-6H2,1-2H3;3-6H2,1-2H3;2*2H2,1H3;2*1H3;4*1H4. The Kier molecular flexibility index (Phi) is 81.6. The highest BCUT2D eigenvalue weighted by molar-refractivity contribution is 7.88. The first kappa shape index (κ1) is 93.0. The van der Waals surface area contributed by atoms with E-state index in [1.807, 2.05) is 0 Å². The molecule has 0 saturated heterocycles. The van der Waals surface area contributed by atoms with Crippen molar-refractivity contribution in [2.24, 2.45) is 0 Å². The molecule has 0 aromatic rings. The molecule has 28 heteroatoms. The molecule has 0 atom stereocenters. The molecule has 0 radical (unpaired) electrons. The smallest absolute Gasteiger partial charge is 0.381 e. The second-order valence-corrected chi connectivity index (χ2v) is 17.6. The average Bonchev–Trinajstić information content (AvgIpc) is 3.16. The summed E-state index contributed by atoms with van der Waals surface area (Å²) in [5.74, 6) is -10.2. The van der Waals surface area contributed by atoms with Gasteiger partial charge in [0, 0.05) is 19.6 Å². The number of hydrogen-bond acceptors (Lipinski definition) is 14. The van der Waals surface area contributed by atoms with Crippen molar-refractivity contribution < 1.29 is 104 Å². The van der Waals surface area contributed by atoms with Gasteiger partial charge in [0.25, 0.3) is 40.5 Å². The Bertz CT molecular complexity index is 1250. The summed E-state index contributed by atoms with van der Waals surface area (Å²) < 4.78 is 230. The van der Waals surface area contributed by atoms with E-state index >= 15 is 0 Å². The summed E-state index contributed by atoms with van der Waals surface area (Å²) in [6, 6.07) is 0. The van der Waals surface area contributed by atoms with E-state index in [4.69, 9.17) is 4.74 Å². The molecular weight excluding hydrogens is 975 g/mol. The highest BCUT2D eigenvalue weighted by Crippen LogP contribution is 2.29. The Labute approximate surface area is 382 Å². The highest BCUT2D eigenvalue weighted by atomic mass is 32.2. The zero-order valence-corrected chi connectivity index (χ0v) is 39.9. The average molecular weight is 1060 g/mol. The van der Waals surface area contributed by atoms with Crippen LogP contribution in [-0.2, 0) is 66.7 Å². The number of hydrogen-bond donors (Lipinski definition) is 0. The summed E-state index contributed by atoms with van der Waals surface area (Å²) in [5, 5.41) is 0. The zero-order chi connectivity index (χ0) is 49.8. The van der Waals surface area contributed by atoms with Crippen molar-refractivity contribution in [3.05, 3.63) is 0 Å². The van der Waals surface area contributed by atoms with Gasteiger partial charge in [-0.05, 0) is 26.7 Å². The van der Waals surface area contributed by atoms with Crippen LogP contribution in [0.3, 0.4) is 0 Å². The number of ether oxygens (including phenoxy) is 2. The first-order valence-electron chi connectivity index (χ1n) is 17.7. The molecule has 0 aliphatic rings. The zero-order valence-electron chi connectivity index (χ0n) is 36.6. The normalized spacial score (nSPS) is 10.8. The molecule has 14 nitrogen and oxygen atoms in total. The maximum atomic E-state index is 14.1. The molecule has 0 unspecified atom stereocenters. The molecule has 0 aliphatic carbocycles. The third kappa shape index (κ3) is 72.5. The molecule has 0 rings (SSSR count). The molecule has 0 spiro atoms. The van der Waals surface area contributed by atoms with Crippen molar-refractivity contribution in [1.82, 2.24) is 0 Å². The quantitative estimate of drug-likeness (QED) is 0.0504. The molecule has 0 aromatic heterocycles. The maximum absolute atomic E-state index is 14.1. The van der Waals surface area contributed by atoms with Crippen LogP contribution in [-0.4, -0.2) is 157 Å². The molecule has 0 saturated carbocycles. The molecule has 408 valence electrons. The Balaban J connectivity index is -0.0000000552. The molecule has 0 heterocycles. The molecule has 64 heavy (non-hydrogen) atoms. The Morgan fingerprint density at radius 2 is 0.703 bits per heavy atom. The van der Waals surface area contributed by atoms with Gasteiger partial charge in [-0.2, -0.15) is 42.5 Å². The van der Waals surface area contributed by atoms with Crippen LogP contribution in [0.2, 0.25) is 0 Å². The van der Waals surface area contributed by atoms with Crippen LogP contribution in [0.5, 0.6) is 0 Å². The fourth-order valence-corrected chi connectivity index (χ4v) is 6.91. The number of halogens is 10. The van der Waals surface area contributed by atoms with Crippen molar-refractivity contribution in [2.75, 3.05) is 106 Å². The van der Waals surface area contributed by atoms with Gasteiger partial charge < -0.3 is 4.74 Å². The monoisotopic (exact) mass is 1060 g/mol. The SMILES string of the molecule is C.C.C.C.CCCCCC.CCCOCCC.CCF.CCF.CF.CF.COS(=O)(=O)CC(F)(CCF)CS(=O)(=O)OC.COS(=O)(=O)CC(F)(CS(=O)(=O)OC)OC(F)(F)CF. The van der Waals surface area contributed by atoms with Crippen molar-refractivity contribution >= 4 is 40.5 Å². The largest absolute Gasteiger partial charge is 0.386 e. The van der Waals surface area contributed by atoms with E-state index in [0.717, 1.165) is 40.3 Å². The van der Waals surface area contributed by atoms with E-state index in [9.17, 15) is 77.6 Å². The van der Waals surface area contributed by atoms with Gasteiger partial charge in [0.2, 0.25) is 5.85 Å². The van der Waals surface area contributed by atoms with Crippen LogP contribution in [0.25, 0.3) is 0 Å². The van der Waals surface area contributed by atoms with Crippen molar-refractivity contribution in [1.29, 1.82) is 0 Å². The summed E-state index contributed by atoms with van der Waals surface area (Å²) >= 11 is 0. The summed E-state index contributed by atoms with van der Waals surface area (Å²) in [7, 11) is -14.1. The number of alkyl halides is 10. The van der Waals surface area contributed by atoms with E-state index in [1.54, 1.807) is 0 Å². The van der Waals surface area contributed by atoms with Crippen LogP contribution >= 0.6 is 0 Å². The molecular formula is C36H86F10O14S4. The maximum Gasteiger partial charge on any atom is 0.386 e. The lowest BCUT2D eigenvalue weighted by Gasteiger charge is -2.27. The van der Waals surface area contributed by atoms with Crippen LogP contribution in [0, 0.1) is 0 Å². The summed E-state index contributed by atoms with van der Waals surface area (Å²) in [4.78, 5) is 0. The lowest BCUT2D eigenvalue weighted by Crippen LogP contribution is -2.47. The van der Waals surface area contributed by atoms with Gasteiger partial charge in [0.05, 0.1) is 62.8 Å². The molecule has 0 fully saturated rings. The molecule has 0 N–H and O–H groups in total. The van der Waals surface area contributed by atoms with Gasteiger partial charge in [0.1, 0.15) is 28.7 Å². The molecule has 0 amide bonds. The van der Waals surface area contributed by atoms with E-state index in [0.29, 0.717) is 28.6 Å². The predicted octanol–water partition coefficient (Wildman–Crippen LogP) is 10.3. The highest BCUT2D eigenvalue weighted by Gasteiger charge is 2.49. The molecule has 0 aromatic carbocycles. The lowest BCUT2D eigenvalue weighted by atomic mass is 10.1. The predicted molar refractivity (Wildman–Crippen MR) is 239 cm³/mol. The first-order valence-corrected chi connectivity index (χ1v) is 24.0. The van der Waals surface area contributed by atoms with Crippen LogP contribution in [0.4, 0.5) is 43.9 Å². The minimum absolute atomic E-state index is 0. The lowest BCUT2D eigenvalue weighted by molar-refractivity contribution is -0.321. The van der Waals surface area contributed by atoms with Gasteiger partial charge in [-0.1, -0.05) is 83.1 Å². The fraction of sp³-hybridized carbons (Fsp3) is 1.00. The van der Waals surface area contributed by atoms with E-state index in [2.05, 4.69) is 49.2 Å². The van der Waals surface area contributed by atoms with Crippen LogP contribution in [0.1, 0.15) is 116 Å². The second kappa shape index (κ2) is 56.2. The third-order valence-electron chi connectivity index (χ3n) is 5.36. The topological polar surface area (TPSA) is 192 Å². The number of unbranched alkanes of at least 4 members (excludes halogenated alkanes) is 3. The Hall–Kier alpha value is -1.14. The third-order valence-corrected chi connectivity index (χ3v) is 10.7. The second-order valence-electron chi connectivity index (χ2n) is 10.7. The Morgan fingerprint density at radius 1 is 0.453 bits per heavy atom. The van der Waals surface area contributed by atoms with Gasteiger partial charge in [0.15, 0.2) is 6.67 Å². The van der Waals surface area contributed by atoms with Crippen LogP contribution in [0.15, 0.2) is 0 Å². The van der Waals surface area contributed by atoms with E-state index in [-0.39, 0.29) is 43.1 Å². The van der Waals surface area contributed by atoms with E-state index in [1.165, 1.54) is 39.5 Å². The minimum Gasteiger partial charge on any atom is -0.381 e. The minimum atomic E-state index is -4.72. The Morgan fingerprint density at radius 3 is 0.891 bits per heavy atom. The van der Waals surface area contributed by atoms with Gasteiger partial charge in [-0.3, -0.25) is 43.4 Å². The first-order chi connectivity index (χ1) is 27.6. The molecule has 0 bridgehead atoms. The summed E-state index contributed by atoms with van der Waals surface area (Å²) in [6.07, 6.45) is 2.22. The van der Waals surface area contributed by atoms with Gasteiger partial charge >= 0.3 is 6.11 Å². The summed E-state index contributed by atoms with van der Waals surface area (Å²) in [6.45, 7) is 9.28. The number of rotatable bonds is 24. The fourth-order valence-electron chi connectivity index (χ4n) is 3.04. The van der Waals surface area contributed by atoms with Crippen molar-refractivity contribution in [3.8, 4) is 0 Å².